The molecule has 1 saturated heterocycles. The molecule has 1 amide bonds. The lowest BCUT2D eigenvalue weighted by molar-refractivity contribution is 0.0869. The molecule has 0 radical (unpaired) electrons. The fraction of sp³-hybridized carbons (Fsp3) is 0.458. The van der Waals surface area contributed by atoms with Crippen LogP contribution in [0.2, 0.25) is 0 Å². The fourth-order valence-corrected chi connectivity index (χ4v) is 4.99. The molecule has 2 fully saturated rings. The number of hydrogen-bond acceptors (Lipinski definition) is 6. The van der Waals surface area contributed by atoms with E-state index in [1.807, 2.05) is 6.07 Å². The molecule has 1 aromatic carbocycles. The molecule has 8 nitrogen and oxygen atoms in total. The second kappa shape index (κ2) is 8.97. The molecule has 2 aromatic heterocycles. The van der Waals surface area contributed by atoms with Crippen LogP contribution < -0.4 is 15.0 Å². The van der Waals surface area contributed by atoms with Gasteiger partial charge in [-0.25, -0.2) is 13.9 Å². The van der Waals surface area contributed by atoms with Crippen LogP contribution in [0.4, 0.5) is 10.2 Å². The van der Waals surface area contributed by atoms with Crippen molar-refractivity contribution in [2.24, 2.45) is 0 Å². The molecule has 3 aromatic rings. The zero-order chi connectivity index (χ0) is 22.9. The normalized spacial score (nSPS) is 23.1. The summed E-state index contributed by atoms with van der Waals surface area (Å²) in [7, 11) is 1.59. The van der Waals surface area contributed by atoms with Gasteiger partial charge in [-0.2, -0.15) is 5.10 Å². The van der Waals surface area contributed by atoms with Crippen molar-refractivity contribution < 1.29 is 19.0 Å². The molecule has 9 heteroatoms. The average molecular weight is 454 g/mol. The Morgan fingerprint density at radius 2 is 2.03 bits per heavy atom. The Morgan fingerprint density at radius 1 is 1.21 bits per heavy atom. The molecule has 1 atom stereocenters. The minimum Gasteiger partial charge on any atom is -0.496 e. The summed E-state index contributed by atoms with van der Waals surface area (Å²) in [5.41, 5.74) is 1.70. The number of anilines is 1. The third-order valence-electron chi connectivity index (χ3n) is 6.73. The van der Waals surface area contributed by atoms with Crippen LogP contribution in [0, 0.1) is 5.82 Å². The van der Waals surface area contributed by atoms with Crippen LogP contribution in [0.1, 0.15) is 60.5 Å². The number of carbonyl (C=O) groups excluding carboxylic acids is 1. The van der Waals surface area contributed by atoms with Crippen LogP contribution in [0.25, 0.3) is 5.65 Å². The monoisotopic (exact) mass is 453 g/mol. The van der Waals surface area contributed by atoms with Crippen molar-refractivity contribution in [2.45, 2.75) is 56.7 Å². The Hall–Kier alpha value is -3.20. The average Bonchev–Trinajstić information content (AvgIpc) is 3.47. The van der Waals surface area contributed by atoms with Crippen LogP contribution in [0.15, 0.2) is 36.7 Å². The quantitative estimate of drug-likeness (QED) is 0.616. The summed E-state index contributed by atoms with van der Waals surface area (Å²) in [4.78, 5) is 19.9. The number of ether oxygens (including phenoxy) is 1. The lowest BCUT2D eigenvalue weighted by Crippen LogP contribution is -2.38. The van der Waals surface area contributed by atoms with Gasteiger partial charge in [-0.1, -0.05) is 0 Å². The van der Waals surface area contributed by atoms with Crippen LogP contribution in [-0.4, -0.2) is 51.4 Å². The molecule has 3 heterocycles. The molecule has 5 rings (SSSR count). The van der Waals surface area contributed by atoms with Gasteiger partial charge in [0.25, 0.3) is 5.91 Å². The number of nitrogens with zero attached hydrogens (tertiary/aromatic N) is 4. The van der Waals surface area contributed by atoms with E-state index in [-0.39, 0.29) is 29.9 Å². The summed E-state index contributed by atoms with van der Waals surface area (Å²) in [5.74, 6) is 0.856. The van der Waals surface area contributed by atoms with Crippen molar-refractivity contribution in [2.75, 3.05) is 18.6 Å². The molecule has 2 N–H and O–H groups in total. The third kappa shape index (κ3) is 4.25. The van der Waals surface area contributed by atoms with E-state index in [9.17, 15) is 14.3 Å². The minimum atomic E-state index is -0.300. The van der Waals surface area contributed by atoms with Gasteiger partial charge in [-0.15, -0.1) is 0 Å². The number of amides is 1. The SMILES string of the molecule is COc1ccc(F)cc1C1CCCN1c1ccn2ncc(C(=O)NC3CCC(O)CC3)c2n1. The van der Waals surface area contributed by atoms with Crippen molar-refractivity contribution in [1.29, 1.82) is 0 Å². The number of nitrogens with one attached hydrogen (secondary N) is 1. The molecule has 1 aliphatic carbocycles. The third-order valence-corrected chi connectivity index (χ3v) is 6.73. The number of aliphatic hydroxyl groups excluding tert-OH is 1. The van der Waals surface area contributed by atoms with Gasteiger partial charge in [-0.05, 0) is 62.8 Å². The van der Waals surface area contributed by atoms with E-state index >= 15 is 0 Å². The Kier molecular flexibility index (Phi) is 5.88. The number of aliphatic hydroxyl groups is 1. The number of methoxy groups -OCH3 is 1. The highest BCUT2D eigenvalue weighted by molar-refractivity contribution is 5.99. The summed E-state index contributed by atoms with van der Waals surface area (Å²) >= 11 is 0. The second-order valence-electron chi connectivity index (χ2n) is 8.83. The van der Waals surface area contributed by atoms with Crippen LogP contribution in [-0.2, 0) is 0 Å². The zero-order valence-electron chi connectivity index (χ0n) is 18.6. The summed E-state index contributed by atoms with van der Waals surface area (Å²) in [5, 5.41) is 17.1. The molecule has 174 valence electrons. The van der Waals surface area contributed by atoms with E-state index in [2.05, 4.69) is 15.3 Å². The molecular weight excluding hydrogens is 425 g/mol. The van der Waals surface area contributed by atoms with E-state index in [1.54, 1.807) is 23.9 Å². The molecule has 1 unspecified atom stereocenters. The Morgan fingerprint density at radius 3 is 2.82 bits per heavy atom. The number of rotatable bonds is 5. The largest absolute Gasteiger partial charge is 0.496 e. The number of aromatic nitrogens is 3. The predicted molar refractivity (Wildman–Crippen MR) is 121 cm³/mol. The van der Waals surface area contributed by atoms with Gasteiger partial charge < -0.3 is 20.1 Å². The van der Waals surface area contributed by atoms with Gasteiger partial charge in [0.15, 0.2) is 5.65 Å². The van der Waals surface area contributed by atoms with Crippen LogP contribution >= 0.6 is 0 Å². The number of benzene rings is 1. The molecule has 1 saturated carbocycles. The Balaban J connectivity index is 1.42. The van der Waals surface area contributed by atoms with Gasteiger partial charge in [0.1, 0.15) is 22.9 Å². The molecular formula is C24H28FN5O3. The summed E-state index contributed by atoms with van der Waals surface area (Å²) in [6.07, 6.45) is 7.77. The lowest BCUT2D eigenvalue weighted by Gasteiger charge is -2.27. The van der Waals surface area contributed by atoms with E-state index in [4.69, 9.17) is 9.72 Å². The van der Waals surface area contributed by atoms with Gasteiger partial charge in [0, 0.05) is 24.3 Å². The summed E-state index contributed by atoms with van der Waals surface area (Å²) in [6, 6.07) is 6.42. The van der Waals surface area contributed by atoms with E-state index in [0.717, 1.165) is 37.8 Å². The number of halogens is 1. The van der Waals surface area contributed by atoms with E-state index in [0.29, 0.717) is 35.6 Å². The Labute approximate surface area is 191 Å². The molecule has 2 aliphatic rings. The van der Waals surface area contributed by atoms with Crippen molar-refractivity contribution in [3.63, 3.8) is 0 Å². The molecule has 0 bridgehead atoms. The van der Waals surface area contributed by atoms with Crippen LogP contribution in [0.5, 0.6) is 5.75 Å². The maximum absolute atomic E-state index is 14.0. The highest BCUT2D eigenvalue weighted by atomic mass is 19.1. The van der Waals surface area contributed by atoms with Gasteiger partial charge in [0.05, 0.1) is 25.5 Å². The number of carbonyl (C=O) groups is 1. The van der Waals surface area contributed by atoms with E-state index in [1.165, 1.54) is 18.3 Å². The van der Waals surface area contributed by atoms with Crippen molar-refractivity contribution in [3.8, 4) is 5.75 Å². The van der Waals surface area contributed by atoms with E-state index < -0.39 is 0 Å². The summed E-state index contributed by atoms with van der Waals surface area (Å²) < 4.78 is 21.1. The minimum absolute atomic E-state index is 0.0439. The number of hydrogen-bond donors (Lipinski definition) is 2. The first-order chi connectivity index (χ1) is 16.0. The molecule has 33 heavy (non-hydrogen) atoms. The second-order valence-corrected chi connectivity index (χ2v) is 8.83. The van der Waals surface area contributed by atoms with Crippen LogP contribution in [0.3, 0.4) is 0 Å². The maximum Gasteiger partial charge on any atom is 0.256 e. The first-order valence-electron chi connectivity index (χ1n) is 11.5. The molecule has 1 aliphatic heterocycles. The maximum atomic E-state index is 14.0. The van der Waals surface area contributed by atoms with Crippen molar-refractivity contribution in [1.82, 2.24) is 19.9 Å². The van der Waals surface area contributed by atoms with Gasteiger partial charge >= 0.3 is 0 Å². The smallest absolute Gasteiger partial charge is 0.256 e. The van der Waals surface area contributed by atoms with Gasteiger partial charge in [0.2, 0.25) is 0 Å². The molecule has 0 spiro atoms. The number of fused-ring (bicyclic) bond motifs is 1. The van der Waals surface area contributed by atoms with Gasteiger partial charge in [-0.3, -0.25) is 4.79 Å². The summed E-state index contributed by atoms with van der Waals surface area (Å²) in [6.45, 7) is 0.771. The lowest BCUT2D eigenvalue weighted by atomic mass is 9.93. The Bertz CT molecular complexity index is 1160. The zero-order valence-corrected chi connectivity index (χ0v) is 18.6. The topological polar surface area (TPSA) is 92.0 Å². The van der Waals surface area contributed by atoms with Crippen molar-refractivity contribution in [3.05, 3.63) is 53.6 Å². The fourth-order valence-electron chi connectivity index (χ4n) is 4.99. The van der Waals surface area contributed by atoms with Crippen molar-refractivity contribution >= 4 is 17.4 Å². The highest BCUT2D eigenvalue weighted by Crippen LogP contribution is 2.39. The highest BCUT2D eigenvalue weighted by Gasteiger charge is 2.30. The predicted octanol–water partition coefficient (Wildman–Crippen LogP) is 3.25. The first kappa shape index (κ1) is 21.6. The first-order valence-corrected chi connectivity index (χ1v) is 11.5. The standard InChI is InChI=1S/C24H28FN5O3/c1-33-21-9-4-15(25)13-18(21)20-3-2-11-29(20)22-10-12-30-23(28-22)19(14-26-30)24(32)27-16-5-7-17(31)8-6-16/h4,9-10,12-14,16-17,20,31H,2-3,5-8,11H2,1H3,(H,27,32).